The van der Waals surface area contributed by atoms with Crippen molar-refractivity contribution in [3.63, 3.8) is 0 Å². The topological polar surface area (TPSA) is 0 Å². The van der Waals surface area contributed by atoms with E-state index >= 15 is 0 Å². The molecular weight excluding hydrogens is 292 g/mol. The third-order valence-electron chi connectivity index (χ3n) is 1.33. The van der Waals surface area contributed by atoms with Gasteiger partial charge in [0.1, 0.15) is 0 Å². The minimum atomic E-state index is 0.0417. The molecule has 0 heterocycles. The van der Waals surface area contributed by atoms with Crippen molar-refractivity contribution in [2.24, 2.45) is 0 Å². The van der Waals surface area contributed by atoms with Crippen LogP contribution < -0.4 is 0 Å². The SMILES string of the molecule is CCCc1cc[c]cc1.[Br][Mg][Br]. The van der Waals surface area contributed by atoms with Crippen LogP contribution in [0.3, 0.4) is 0 Å². The fraction of sp³-hybridized carbons (Fsp3) is 0.333. The van der Waals surface area contributed by atoms with Crippen LogP contribution in [-0.4, -0.2) is 16.0 Å². The Morgan fingerprint density at radius 2 is 1.83 bits per heavy atom. The van der Waals surface area contributed by atoms with Gasteiger partial charge in [0, 0.05) is 0 Å². The zero-order chi connectivity index (χ0) is 9.23. The first-order valence-electron chi connectivity index (χ1n) is 3.92. The van der Waals surface area contributed by atoms with Crippen LogP contribution in [0.5, 0.6) is 0 Å². The van der Waals surface area contributed by atoms with Gasteiger partial charge in [0.25, 0.3) is 0 Å². The third-order valence-corrected chi connectivity index (χ3v) is 1.33. The van der Waals surface area contributed by atoms with Crippen LogP contribution in [0, 0.1) is 6.07 Å². The van der Waals surface area contributed by atoms with Crippen LogP contribution in [0.2, 0.25) is 0 Å². The van der Waals surface area contributed by atoms with E-state index in [0.29, 0.717) is 0 Å². The lowest BCUT2D eigenvalue weighted by molar-refractivity contribution is 0.922. The minimum absolute atomic E-state index is 0.0417. The summed E-state index contributed by atoms with van der Waals surface area (Å²) in [5.74, 6) is 0. The number of halogens is 2. The van der Waals surface area contributed by atoms with Crippen LogP contribution in [-0.2, 0) is 6.42 Å². The van der Waals surface area contributed by atoms with Gasteiger partial charge in [-0.3, -0.25) is 25.8 Å². The van der Waals surface area contributed by atoms with Gasteiger partial charge in [-0.25, -0.2) is 0 Å². The summed E-state index contributed by atoms with van der Waals surface area (Å²) >= 11 is 6.44. The molecular formula is C9H11Br2Mg. The van der Waals surface area contributed by atoms with Gasteiger partial charge < -0.3 is 0 Å². The largest absolute Gasteiger partial charge is 0.560 e. The summed E-state index contributed by atoms with van der Waals surface area (Å²) in [5, 5.41) is 0. The van der Waals surface area contributed by atoms with E-state index in [1.807, 2.05) is 12.1 Å². The summed E-state index contributed by atoms with van der Waals surface area (Å²) in [7, 11) is 0. The number of hydrogen-bond acceptors (Lipinski definition) is 0. The molecule has 0 unspecified atom stereocenters. The molecule has 0 spiro atoms. The number of rotatable bonds is 2. The first kappa shape index (κ1) is 12.9. The first-order chi connectivity index (χ1) is 5.85. The molecule has 3 heteroatoms. The molecule has 0 amide bonds. The second-order valence-corrected chi connectivity index (χ2v) is 10.3. The van der Waals surface area contributed by atoms with Gasteiger partial charge in [0.2, 0.25) is 0 Å². The van der Waals surface area contributed by atoms with Crippen molar-refractivity contribution in [2.75, 3.05) is 0 Å². The van der Waals surface area contributed by atoms with E-state index in [4.69, 9.17) is 0 Å². The fourth-order valence-corrected chi connectivity index (χ4v) is 0.877. The molecule has 0 fully saturated rings. The van der Waals surface area contributed by atoms with Gasteiger partial charge in [-0.2, -0.15) is 0 Å². The number of aryl methyl sites for hydroxylation is 1. The monoisotopic (exact) mass is 301 g/mol. The summed E-state index contributed by atoms with van der Waals surface area (Å²) in [5.41, 5.74) is 1.41. The zero-order valence-corrected chi connectivity index (χ0v) is 11.8. The molecule has 0 saturated carbocycles. The molecule has 63 valence electrons. The van der Waals surface area contributed by atoms with Crippen LogP contribution in [0.4, 0.5) is 0 Å². The van der Waals surface area contributed by atoms with Gasteiger partial charge >= 0.3 is 16.0 Å². The van der Waals surface area contributed by atoms with Gasteiger partial charge in [-0.15, -0.1) is 0 Å². The molecule has 0 saturated heterocycles. The van der Waals surface area contributed by atoms with E-state index in [-0.39, 0.29) is 16.0 Å². The van der Waals surface area contributed by atoms with Gasteiger partial charge in [0.15, 0.2) is 0 Å². The maximum Gasteiger partial charge on any atom is 0.560 e. The quantitative estimate of drug-likeness (QED) is 0.730. The number of benzene rings is 1. The molecule has 1 rings (SSSR count). The maximum absolute atomic E-state index is 3.20. The van der Waals surface area contributed by atoms with Crippen LogP contribution >= 0.6 is 25.8 Å². The molecule has 0 N–H and O–H groups in total. The van der Waals surface area contributed by atoms with Crippen molar-refractivity contribution in [3.05, 3.63) is 35.9 Å². The summed E-state index contributed by atoms with van der Waals surface area (Å²) in [6.07, 6.45) is 2.42. The fourth-order valence-electron chi connectivity index (χ4n) is 0.877. The number of hydrogen-bond donors (Lipinski definition) is 0. The standard InChI is InChI=1S/C9H11.2BrH.Mg/c1-2-6-9-7-4-3-5-8-9;;;/h4-5,7-8H,2,6H2,1H3;2*1H;/q;;;+2/p-2. The molecule has 0 aromatic heterocycles. The predicted molar refractivity (Wildman–Crippen MR) is 62.9 cm³/mol. The molecule has 1 radical (unpaired) electrons. The Hall–Kier alpha value is 0.946. The van der Waals surface area contributed by atoms with Gasteiger partial charge in [-0.05, 0) is 18.1 Å². The molecule has 0 aliphatic carbocycles. The lowest BCUT2D eigenvalue weighted by Gasteiger charge is -1.93. The van der Waals surface area contributed by atoms with Crippen molar-refractivity contribution in [2.45, 2.75) is 19.8 Å². The zero-order valence-electron chi connectivity index (χ0n) is 7.19. The van der Waals surface area contributed by atoms with Crippen LogP contribution in [0.1, 0.15) is 18.9 Å². The Labute approximate surface area is 96.6 Å². The Morgan fingerprint density at radius 3 is 2.25 bits per heavy atom. The van der Waals surface area contributed by atoms with Crippen LogP contribution in [0.25, 0.3) is 0 Å². The Kier molecular flexibility index (Phi) is 10.8. The summed E-state index contributed by atoms with van der Waals surface area (Å²) in [4.78, 5) is 0. The molecule has 0 aliphatic rings. The van der Waals surface area contributed by atoms with Crippen molar-refractivity contribution >= 4 is 41.8 Å². The van der Waals surface area contributed by atoms with E-state index in [0.717, 1.165) is 0 Å². The molecule has 0 bridgehead atoms. The summed E-state index contributed by atoms with van der Waals surface area (Å²) in [6.45, 7) is 2.19. The van der Waals surface area contributed by atoms with E-state index in [1.54, 1.807) is 0 Å². The van der Waals surface area contributed by atoms with Gasteiger partial charge in [-0.1, -0.05) is 37.6 Å². The molecule has 1 aromatic rings. The van der Waals surface area contributed by atoms with Gasteiger partial charge in [0.05, 0.1) is 0 Å². The highest BCUT2D eigenvalue weighted by atomic mass is 79.9. The van der Waals surface area contributed by atoms with E-state index < -0.39 is 0 Å². The summed E-state index contributed by atoms with van der Waals surface area (Å²) < 4.78 is 0. The highest BCUT2D eigenvalue weighted by molar-refractivity contribution is 9.47. The van der Waals surface area contributed by atoms with E-state index in [9.17, 15) is 0 Å². The maximum atomic E-state index is 3.20. The second-order valence-electron chi connectivity index (χ2n) is 2.26. The normalized spacial score (nSPS) is 7.92. The molecule has 1 aromatic carbocycles. The first-order valence-corrected chi connectivity index (χ1v) is 11.7. The molecule has 0 aliphatic heterocycles. The summed E-state index contributed by atoms with van der Waals surface area (Å²) in [6, 6.07) is 11.1. The second kappa shape index (κ2) is 10.0. The van der Waals surface area contributed by atoms with Crippen LogP contribution in [0.15, 0.2) is 24.3 Å². The molecule has 0 atom stereocenters. The van der Waals surface area contributed by atoms with Crippen molar-refractivity contribution in [1.29, 1.82) is 0 Å². The molecule has 12 heavy (non-hydrogen) atoms. The van der Waals surface area contributed by atoms with E-state index in [2.05, 4.69) is 50.9 Å². The smallest absolute Gasteiger partial charge is 0.280 e. The highest BCUT2D eigenvalue weighted by Gasteiger charge is 1.84. The average Bonchev–Trinajstić information content (AvgIpc) is 2.08. The Morgan fingerprint density at radius 1 is 1.33 bits per heavy atom. The average molecular weight is 303 g/mol. The lowest BCUT2D eigenvalue weighted by Crippen LogP contribution is -1.79. The lowest BCUT2D eigenvalue weighted by atomic mass is 10.1. The Bertz CT molecular complexity index is 177. The third kappa shape index (κ3) is 7.59. The van der Waals surface area contributed by atoms with E-state index in [1.165, 1.54) is 18.4 Å². The highest BCUT2D eigenvalue weighted by Crippen LogP contribution is 2.00. The Balaban J connectivity index is 0.000000354. The predicted octanol–water partition coefficient (Wildman–Crippen LogP) is 3.75. The van der Waals surface area contributed by atoms with Crippen molar-refractivity contribution in [1.82, 2.24) is 0 Å². The molecule has 0 nitrogen and oxygen atoms in total. The van der Waals surface area contributed by atoms with Crippen molar-refractivity contribution < 1.29 is 0 Å². The van der Waals surface area contributed by atoms with Crippen molar-refractivity contribution in [3.8, 4) is 0 Å². The minimum Gasteiger partial charge on any atom is -0.280 e.